The average molecular weight is 480 g/mol. The van der Waals surface area contributed by atoms with E-state index in [1.165, 1.54) is 24.3 Å². The van der Waals surface area contributed by atoms with Crippen molar-refractivity contribution in [3.63, 3.8) is 0 Å². The Labute approximate surface area is 192 Å². The molecule has 1 aromatic heterocycles. The first-order valence-corrected chi connectivity index (χ1v) is 12.2. The minimum absolute atomic E-state index is 0.00583. The molecule has 1 atom stereocenters. The number of pyridine rings is 1. The van der Waals surface area contributed by atoms with Crippen LogP contribution in [0.25, 0.3) is 0 Å². The Morgan fingerprint density at radius 3 is 2.55 bits per heavy atom. The van der Waals surface area contributed by atoms with Gasteiger partial charge in [0.25, 0.3) is 5.91 Å². The maximum Gasteiger partial charge on any atom is 0.274 e. The van der Waals surface area contributed by atoms with Gasteiger partial charge in [-0.05, 0) is 57.1 Å². The van der Waals surface area contributed by atoms with Gasteiger partial charge in [0, 0.05) is 24.3 Å². The van der Waals surface area contributed by atoms with Crippen LogP contribution < -0.4 is 10.6 Å². The number of piperidine rings is 1. The lowest BCUT2D eigenvalue weighted by Gasteiger charge is -2.60. The molecule has 2 saturated heterocycles. The van der Waals surface area contributed by atoms with E-state index < -0.39 is 38.4 Å². The molecule has 8 nitrogen and oxygen atoms in total. The first-order chi connectivity index (χ1) is 15.5. The summed E-state index contributed by atoms with van der Waals surface area (Å²) in [5.74, 6) is -1.95. The lowest BCUT2D eigenvalue weighted by atomic mass is 9.88. The van der Waals surface area contributed by atoms with Crippen molar-refractivity contribution in [1.82, 2.24) is 15.2 Å². The molecule has 0 bridgehead atoms. The molecule has 33 heavy (non-hydrogen) atoms. The van der Waals surface area contributed by atoms with Gasteiger partial charge >= 0.3 is 0 Å². The highest BCUT2D eigenvalue weighted by atomic mass is 32.3. The van der Waals surface area contributed by atoms with Gasteiger partial charge in [0.2, 0.25) is 0 Å². The summed E-state index contributed by atoms with van der Waals surface area (Å²) in [4.78, 5) is 18.2. The number of nitrogens with one attached hydrogen (secondary N) is 3. The zero-order valence-electron chi connectivity index (χ0n) is 18.4. The fourth-order valence-electron chi connectivity index (χ4n) is 4.56. The molecule has 11 heteroatoms. The van der Waals surface area contributed by atoms with Crippen molar-refractivity contribution in [3.05, 3.63) is 59.4 Å². The maximum absolute atomic E-state index is 14.9. The second-order valence-electron chi connectivity index (χ2n) is 8.95. The smallest absolute Gasteiger partial charge is 0.274 e. The molecular weight excluding hydrogens is 452 g/mol. The van der Waals surface area contributed by atoms with E-state index in [1.807, 2.05) is 7.05 Å². The van der Waals surface area contributed by atoms with E-state index in [0.717, 1.165) is 12.3 Å². The number of nitrogens with zero attached hydrogens (tertiary/aromatic N) is 2. The molecule has 178 valence electrons. The second-order valence-corrected chi connectivity index (χ2v) is 11.4. The van der Waals surface area contributed by atoms with Crippen molar-refractivity contribution in [2.45, 2.75) is 30.1 Å². The third-order valence-corrected chi connectivity index (χ3v) is 9.39. The molecular formula is C22H27F2N5O3S. The number of aromatic nitrogens is 1. The standard InChI is InChI=1S/C22H27F2N5O3S/c1-21(13-33(31,32)22(20(25)28-21)7-9-29(2)10-8-22)16-11-15(4-5-17(16)24)27-19(30)18-6-3-14(23)12-26-18/h3-6,11-12,31-32H,7-10,13H2,1-2H3,(H2,25,28)(H,27,30)/t21-/m0/s1. The molecule has 4 rings (SSSR count). The number of benzene rings is 1. The Kier molecular flexibility index (Phi) is 5.94. The number of likely N-dealkylation sites (tertiary alicyclic amines) is 1. The van der Waals surface area contributed by atoms with Crippen molar-refractivity contribution < 1.29 is 22.7 Å². The highest BCUT2D eigenvalue weighted by molar-refractivity contribution is 8.26. The van der Waals surface area contributed by atoms with Crippen LogP contribution in [0.5, 0.6) is 0 Å². The third kappa shape index (κ3) is 4.21. The van der Waals surface area contributed by atoms with Crippen LogP contribution in [-0.4, -0.2) is 61.4 Å². The third-order valence-electron chi connectivity index (χ3n) is 6.55. The highest BCUT2D eigenvalue weighted by Gasteiger charge is 2.56. The highest BCUT2D eigenvalue weighted by Crippen LogP contribution is 2.62. The number of amides is 1. The van der Waals surface area contributed by atoms with Crippen LogP contribution in [0.2, 0.25) is 0 Å². The van der Waals surface area contributed by atoms with E-state index in [4.69, 9.17) is 5.41 Å². The van der Waals surface area contributed by atoms with Crippen molar-refractivity contribution >= 4 is 28.0 Å². The summed E-state index contributed by atoms with van der Waals surface area (Å²) >= 11 is 0. The predicted molar refractivity (Wildman–Crippen MR) is 124 cm³/mol. The van der Waals surface area contributed by atoms with Crippen molar-refractivity contribution in [2.24, 2.45) is 0 Å². The zero-order chi connectivity index (χ0) is 24.0. The second kappa shape index (κ2) is 8.32. The van der Waals surface area contributed by atoms with Crippen molar-refractivity contribution in [3.8, 4) is 0 Å². The van der Waals surface area contributed by atoms with E-state index in [-0.39, 0.29) is 28.5 Å². The number of carbonyl (C=O) groups excluding carboxylic acids is 1. The first-order valence-electron chi connectivity index (χ1n) is 10.5. The molecule has 1 spiro atoms. The van der Waals surface area contributed by atoms with Gasteiger partial charge in [-0.15, -0.1) is 0 Å². The maximum atomic E-state index is 14.9. The molecule has 1 amide bonds. The lowest BCUT2D eigenvalue weighted by Crippen LogP contribution is -2.66. The molecule has 0 aliphatic carbocycles. The molecule has 2 aromatic rings. The van der Waals surface area contributed by atoms with Gasteiger partial charge in [0.15, 0.2) is 0 Å². The van der Waals surface area contributed by atoms with E-state index in [1.54, 1.807) is 6.92 Å². The summed E-state index contributed by atoms with van der Waals surface area (Å²) in [7, 11) is -1.34. The van der Waals surface area contributed by atoms with Crippen LogP contribution in [0, 0.1) is 17.0 Å². The van der Waals surface area contributed by atoms with E-state index in [0.29, 0.717) is 25.9 Å². The fourth-order valence-corrected chi connectivity index (χ4v) is 7.09. The minimum Gasteiger partial charge on any atom is -0.361 e. The predicted octanol–water partition coefficient (Wildman–Crippen LogP) is 3.62. The van der Waals surface area contributed by atoms with E-state index in [2.05, 4.69) is 20.5 Å². The van der Waals surface area contributed by atoms with Gasteiger partial charge in [-0.2, -0.15) is 10.6 Å². The summed E-state index contributed by atoms with van der Waals surface area (Å²) in [5.41, 5.74) is -0.929. The number of rotatable bonds is 3. The fraction of sp³-hybridized carbons (Fsp3) is 0.409. The van der Waals surface area contributed by atoms with Crippen LogP contribution >= 0.6 is 10.6 Å². The van der Waals surface area contributed by atoms with Crippen molar-refractivity contribution in [1.29, 1.82) is 5.41 Å². The number of carbonyl (C=O) groups is 1. The number of anilines is 1. The quantitative estimate of drug-likeness (QED) is 0.458. The normalized spacial score (nSPS) is 25.3. The minimum atomic E-state index is -3.29. The topological polar surface area (TPSA) is 122 Å². The summed E-state index contributed by atoms with van der Waals surface area (Å²) in [6.07, 6.45) is 1.78. The molecule has 2 fully saturated rings. The van der Waals surface area contributed by atoms with Gasteiger partial charge in [-0.3, -0.25) is 19.3 Å². The Balaban J connectivity index is 1.61. The Morgan fingerprint density at radius 2 is 1.94 bits per heavy atom. The first kappa shape index (κ1) is 23.6. The molecule has 0 saturated carbocycles. The summed E-state index contributed by atoms with van der Waals surface area (Å²) in [6.45, 7) is 2.87. The molecule has 5 N–H and O–H groups in total. The van der Waals surface area contributed by atoms with Crippen LogP contribution in [0.15, 0.2) is 36.5 Å². The average Bonchev–Trinajstić information content (AvgIpc) is 2.74. The van der Waals surface area contributed by atoms with Crippen LogP contribution in [0.4, 0.5) is 14.5 Å². The van der Waals surface area contributed by atoms with Crippen LogP contribution in [-0.2, 0) is 5.54 Å². The van der Waals surface area contributed by atoms with E-state index >= 15 is 0 Å². The largest absolute Gasteiger partial charge is 0.361 e. The van der Waals surface area contributed by atoms with Gasteiger partial charge in [-0.1, -0.05) is 0 Å². The Hall–Kier alpha value is -2.60. The van der Waals surface area contributed by atoms with Gasteiger partial charge in [-0.25, -0.2) is 13.8 Å². The van der Waals surface area contributed by atoms with Gasteiger partial charge in [0.1, 0.15) is 27.9 Å². The van der Waals surface area contributed by atoms with Gasteiger partial charge < -0.3 is 15.5 Å². The molecule has 0 radical (unpaired) electrons. The van der Waals surface area contributed by atoms with Crippen molar-refractivity contribution in [2.75, 3.05) is 31.2 Å². The molecule has 2 aliphatic heterocycles. The summed E-state index contributed by atoms with van der Waals surface area (Å²) in [6, 6.07) is 6.29. The number of hydrogen-bond acceptors (Lipinski definition) is 6. The molecule has 2 aliphatic rings. The molecule has 0 unspecified atom stereocenters. The monoisotopic (exact) mass is 479 g/mol. The number of halogens is 2. The molecule has 1 aromatic carbocycles. The Morgan fingerprint density at radius 1 is 1.24 bits per heavy atom. The number of hydrogen-bond donors (Lipinski definition) is 5. The summed E-state index contributed by atoms with van der Waals surface area (Å²) in [5, 5.41) is 14.3. The zero-order valence-corrected chi connectivity index (χ0v) is 19.2. The lowest BCUT2D eigenvalue weighted by molar-refractivity contribution is 0.102. The van der Waals surface area contributed by atoms with Crippen LogP contribution in [0.3, 0.4) is 0 Å². The number of amidine groups is 1. The summed E-state index contributed by atoms with van der Waals surface area (Å²) < 4.78 is 49.3. The SMILES string of the molecule is CN1CCC2(CC1)C(=N)N[C@](C)(c1cc(NC(=O)c3ccc(F)cn3)ccc1F)CS2(O)O. The molecule has 3 heterocycles. The Bertz CT molecular complexity index is 1090. The van der Waals surface area contributed by atoms with E-state index in [9.17, 15) is 22.7 Å². The van der Waals surface area contributed by atoms with Crippen LogP contribution in [0.1, 0.15) is 35.8 Å². The van der Waals surface area contributed by atoms with Gasteiger partial charge in [0.05, 0.1) is 17.5 Å².